The zero-order chi connectivity index (χ0) is 23.8. The number of aromatic nitrogens is 1. The van der Waals surface area contributed by atoms with Crippen LogP contribution < -0.4 is 20.3 Å². The quantitative estimate of drug-likeness (QED) is 0.633. The number of rotatable bonds is 5. The Morgan fingerprint density at radius 1 is 0.970 bits per heavy atom. The van der Waals surface area contributed by atoms with Crippen molar-refractivity contribution in [3.8, 4) is 17.2 Å². The van der Waals surface area contributed by atoms with E-state index in [4.69, 9.17) is 9.47 Å². The topological polar surface area (TPSA) is 86.6 Å². The number of para-hydroxylation sites is 1. The molecule has 0 aliphatic heterocycles. The number of hydrogen-bond acceptors (Lipinski definition) is 5. The zero-order valence-electron chi connectivity index (χ0n) is 19.1. The Morgan fingerprint density at radius 3 is 2.36 bits per heavy atom. The van der Waals surface area contributed by atoms with Crippen LogP contribution in [0.4, 0.5) is 5.69 Å². The second-order valence-electron chi connectivity index (χ2n) is 8.86. The molecule has 4 rings (SSSR count). The highest BCUT2D eigenvalue weighted by Gasteiger charge is 2.35. The minimum absolute atomic E-state index is 0.0843. The summed E-state index contributed by atoms with van der Waals surface area (Å²) in [6.07, 6.45) is 0.890. The summed E-state index contributed by atoms with van der Waals surface area (Å²) in [7, 11) is 3.00. The standard InChI is InChI=1S/C26H26N2O5/c1-26(2)14-21-18(22(29)15-26)13-19(25(31)28(21)16-8-6-5-7-9-16)24(30)27-20-12-17(32-3)10-11-23(20)33-4/h5-13H,14-15H2,1-4H3,(H,27,30). The first kappa shape index (κ1) is 22.3. The van der Waals surface area contributed by atoms with E-state index in [0.29, 0.717) is 47.0 Å². The fourth-order valence-electron chi connectivity index (χ4n) is 4.23. The summed E-state index contributed by atoms with van der Waals surface area (Å²) in [6.45, 7) is 4.01. The summed E-state index contributed by atoms with van der Waals surface area (Å²) in [6, 6.07) is 15.5. The van der Waals surface area contributed by atoms with Gasteiger partial charge >= 0.3 is 0 Å². The molecule has 1 heterocycles. The summed E-state index contributed by atoms with van der Waals surface area (Å²) in [4.78, 5) is 39.9. The molecule has 0 saturated carbocycles. The summed E-state index contributed by atoms with van der Waals surface area (Å²) in [5.74, 6) is 0.231. The van der Waals surface area contributed by atoms with Crippen molar-refractivity contribution in [1.29, 1.82) is 0 Å². The number of fused-ring (bicyclic) bond motifs is 1. The zero-order valence-corrected chi connectivity index (χ0v) is 19.1. The molecule has 1 aliphatic rings. The Bertz CT molecular complexity index is 1290. The molecule has 1 amide bonds. The number of ether oxygens (including phenoxy) is 2. The number of anilines is 1. The van der Waals surface area contributed by atoms with E-state index in [1.807, 2.05) is 32.0 Å². The molecule has 0 unspecified atom stereocenters. The number of benzene rings is 2. The lowest BCUT2D eigenvalue weighted by atomic mass is 9.75. The van der Waals surface area contributed by atoms with E-state index in [9.17, 15) is 14.4 Å². The van der Waals surface area contributed by atoms with Gasteiger partial charge in [-0.15, -0.1) is 0 Å². The average molecular weight is 447 g/mol. The molecule has 0 fully saturated rings. The highest BCUT2D eigenvalue weighted by Crippen LogP contribution is 2.35. The Kier molecular flexibility index (Phi) is 5.80. The van der Waals surface area contributed by atoms with E-state index >= 15 is 0 Å². The van der Waals surface area contributed by atoms with Gasteiger partial charge in [0.15, 0.2) is 5.78 Å². The first-order valence-corrected chi connectivity index (χ1v) is 10.6. The van der Waals surface area contributed by atoms with Gasteiger partial charge < -0.3 is 14.8 Å². The summed E-state index contributed by atoms with van der Waals surface area (Å²) in [5, 5.41) is 2.74. The Morgan fingerprint density at radius 2 is 1.70 bits per heavy atom. The molecule has 1 aliphatic carbocycles. The molecule has 0 radical (unpaired) electrons. The highest BCUT2D eigenvalue weighted by molar-refractivity contribution is 6.07. The second-order valence-corrected chi connectivity index (χ2v) is 8.86. The Labute approximate surface area is 192 Å². The molecule has 0 spiro atoms. The number of methoxy groups -OCH3 is 2. The lowest BCUT2D eigenvalue weighted by molar-refractivity contribution is 0.0909. The van der Waals surface area contributed by atoms with Crippen LogP contribution in [-0.2, 0) is 6.42 Å². The highest BCUT2D eigenvalue weighted by atomic mass is 16.5. The van der Waals surface area contributed by atoms with Gasteiger partial charge in [0.2, 0.25) is 0 Å². The van der Waals surface area contributed by atoms with Crippen molar-refractivity contribution < 1.29 is 19.1 Å². The van der Waals surface area contributed by atoms with Crippen LogP contribution in [0, 0.1) is 5.41 Å². The maximum atomic E-state index is 13.6. The molecule has 2 aromatic carbocycles. The van der Waals surface area contributed by atoms with Crippen LogP contribution in [-0.4, -0.2) is 30.5 Å². The van der Waals surface area contributed by atoms with Crippen molar-refractivity contribution >= 4 is 17.4 Å². The predicted molar refractivity (Wildman–Crippen MR) is 126 cm³/mol. The van der Waals surface area contributed by atoms with Crippen LogP contribution in [0.5, 0.6) is 11.5 Å². The van der Waals surface area contributed by atoms with Crippen molar-refractivity contribution in [3.63, 3.8) is 0 Å². The van der Waals surface area contributed by atoms with Gasteiger partial charge in [-0.3, -0.25) is 19.0 Å². The first-order chi connectivity index (χ1) is 15.7. The van der Waals surface area contributed by atoms with E-state index in [1.54, 1.807) is 30.3 Å². The van der Waals surface area contributed by atoms with Crippen LogP contribution >= 0.6 is 0 Å². The van der Waals surface area contributed by atoms with Gasteiger partial charge in [-0.2, -0.15) is 0 Å². The monoisotopic (exact) mass is 446 g/mol. The van der Waals surface area contributed by atoms with Crippen LogP contribution in [0.3, 0.4) is 0 Å². The maximum Gasteiger partial charge on any atom is 0.268 e. The van der Waals surface area contributed by atoms with E-state index < -0.39 is 11.5 Å². The first-order valence-electron chi connectivity index (χ1n) is 10.6. The van der Waals surface area contributed by atoms with Crippen molar-refractivity contribution in [2.24, 2.45) is 5.41 Å². The Balaban J connectivity index is 1.87. The number of pyridine rings is 1. The minimum atomic E-state index is -0.628. The molecule has 33 heavy (non-hydrogen) atoms. The SMILES string of the molecule is COc1ccc(OC)c(NC(=O)c2cc3c(n(-c4ccccc4)c2=O)CC(C)(C)CC3=O)c1. The third-order valence-electron chi connectivity index (χ3n) is 5.80. The summed E-state index contributed by atoms with van der Waals surface area (Å²) < 4.78 is 12.1. The number of nitrogens with one attached hydrogen (secondary N) is 1. The lowest BCUT2D eigenvalue weighted by Crippen LogP contribution is -2.37. The van der Waals surface area contributed by atoms with Gasteiger partial charge in [-0.05, 0) is 42.2 Å². The fourth-order valence-corrected chi connectivity index (χ4v) is 4.23. The molecule has 7 nitrogen and oxygen atoms in total. The van der Waals surface area contributed by atoms with E-state index in [0.717, 1.165) is 0 Å². The molecule has 3 aromatic rings. The third kappa shape index (κ3) is 4.26. The van der Waals surface area contributed by atoms with Crippen molar-refractivity contribution in [2.45, 2.75) is 26.7 Å². The number of amides is 1. The maximum absolute atomic E-state index is 13.6. The number of carbonyl (C=O) groups is 2. The van der Waals surface area contributed by atoms with Crippen LogP contribution in [0.25, 0.3) is 5.69 Å². The van der Waals surface area contributed by atoms with E-state index in [2.05, 4.69) is 5.32 Å². The van der Waals surface area contributed by atoms with Crippen molar-refractivity contribution in [1.82, 2.24) is 4.57 Å². The average Bonchev–Trinajstić information content (AvgIpc) is 2.78. The third-order valence-corrected chi connectivity index (χ3v) is 5.80. The minimum Gasteiger partial charge on any atom is -0.497 e. The van der Waals surface area contributed by atoms with Gasteiger partial charge in [-0.1, -0.05) is 32.0 Å². The number of ketones is 1. The molecule has 0 atom stereocenters. The van der Waals surface area contributed by atoms with Gasteiger partial charge in [-0.25, -0.2) is 0 Å². The van der Waals surface area contributed by atoms with Crippen LogP contribution in [0.1, 0.15) is 46.7 Å². The van der Waals surface area contributed by atoms with Crippen molar-refractivity contribution in [2.75, 3.05) is 19.5 Å². The number of nitrogens with zero attached hydrogens (tertiary/aromatic N) is 1. The smallest absolute Gasteiger partial charge is 0.268 e. The predicted octanol–water partition coefficient (Wildman–Crippen LogP) is 4.26. The van der Waals surface area contributed by atoms with Gasteiger partial charge in [0, 0.05) is 29.4 Å². The summed E-state index contributed by atoms with van der Waals surface area (Å²) >= 11 is 0. The van der Waals surface area contributed by atoms with Gasteiger partial charge in [0.1, 0.15) is 17.1 Å². The second kappa shape index (κ2) is 8.58. The molecular formula is C26H26N2O5. The largest absolute Gasteiger partial charge is 0.497 e. The van der Waals surface area contributed by atoms with Crippen molar-refractivity contribution in [3.05, 3.63) is 81.8 Å². The van der Waals surface area contributed by atoms with Gasteiger partial charge in [0.05, 0.1) is 19.9 Å². The van der Waals surface area contributed by atoms with E-state index in [-0.39, 0.29) is 16.8 Å². The number of carbonyl (C=O) groups excluding carboxylic acids is 2. The molecule has 1 N–H and O–H groups in total. The van der Waals surface area contributed by atoms with Crippen LogP contribution in [0.15, 0.2) is 59.4 Å². The molecule has 0 saturated heterocycles. The molecule has 0 bridgehead atoms. The lowest BCUT2D eigenvalue weighted by Gasteiger charge is -2.32. The Hall–Kier alpha value is -3.87. The number of Topliss-reactive ketones (excluding diaryl/α,β-unsaturated/α-hetero) is 1. The molecular weight excluding hydrogens is 420 g/mol. The van der Waals surface area contributed by atoms with Crippen LogP contribution in [0.2, 0.25) is 0 Å². The van der Waals surface area contributed by atoms with Gasteiger partial charge in [0.25, 0.3) is 11.5 Å². The normalized spacial score (nSPS) is 14.4. The number of hydrogen-bond donors (Lipinski definition) is 1. The summed E-state index contributed by atoms with van der Waals surface area (Å²) in [5.41, 5.74) is 1.12. The molecule has 1 aromatic heterocycles. The fraction of sp³-hybridized carbons (Fsp3) is 0.269. The molecule has 170 valence electrons. The molecule has 7 heteroatoms. The van der Waals surface area contributed by atoms with E-state index in [1.165, 1.54) is 24.9 Å².